The predicted octanol–water partition coefficient (Wildman–Crippen LogP) is 1.47. The highest BCUT2D eigenvalue weighted by Crippen LogP contribution is 2.24. The number of aliphatic hydroxyl groups excluding tert-OH is 1. The number of halogens is 1. The van der Waals surface area contributed by atoms with E-state index in [4.69, 9.17) is 5.73 Å². The summed E-state index contributed by atoms with van der Waals surface area (Å²) < 4.78 is 13.4. The molecule has 0 spiro atoms. The number of likely N-dealkylation sites (tertiary alicyclic amines) is 1. The number of β-amino-alcohol motifs (C(OH)–C–C–N with tert-alkyl or cyclic N) is 1. The summed E-state index contributed by atoms with van der Waals surface area (Å²) in [6, 6.07) is 5.93. The number of amides is 1. The second-order valence-electron chi connectivity index (χ2n) is 5.91. The summed E-state index contributed by atoms with van der Waals surface area (Å²) in [6.45, 7) is 2.51. The fourth-order valence-corrected chi connectivity index (χ4v) is 3.15. The zero-order valence-electron chi connectivity index (χ0n) is 13.0. The van der Waals surface area contributed by atoms with Crippen LogP contribution < -0.4 is 5.73 Å². The zero-order chi connectivity index (χ0) is 16.6. The van der Waals surface area contributed by atoms with Gasteiger partial charge in [0.25, 0.3) is 5.91 Å². The number of fused-ring (bicyclic) bond motifs is 1. The molecular weight excluding hydrogens is 297 g/mol. The minimum Gasteiger partial charge on any atom is -0.391 e. The lowest BCUT2D eigenvalue weighted by molar-refractivity contribution is 0.0719. The van der Waals surface area contributed by atoms with E-state index in [1.807, 2.05) is 6.92 Å². The van der Waals surface area contributed by atoms with Crippen molar-refractivity contribution < 1.29 is 14.3 Å². The number of aromatic nitrogens is 1. The third-order valence-corrected chi connectivity index (χ3v) is 4.35. The number of hydrogen-bond donors (Lipinski definition) is 2. The lowest BCUT2D eigenvalue weighted by atomic mass is 10.1. The van der Waals surface area contributed by atoms with Crippen molar-refractivity contribution in [3.8, 4) is 0 Å². The molecule has 1 aromatic heterocycles. The van der Waals surface area contributed by atoms with Gasteiger partial charge in [-0.15, -0.1) is 0 Å². The highest BCUT2D eigenvalue weighted by Gasteiger charge is 2.34. The molecule has 1 aliphatic heterocycles. The number of aryl methyl sites for hydroxylation is 1. The van der Waals surface area contributed by atoms with Crippen LogP contribution in [0.4, 0.5) is 4.39 Å². The molecule has 5 nitrogen and oxygen atoms in total. The van der Waals surface area contributed by atoms with E-state index in [1.165, 1.54) is 12.1 Å². The smallest absolute Gasteiger partial charge is 0.256 e. The number of rotatable bonds is 3. The molecule has 6 heteroatoms. The molecule has 122 valence electrons. The first-order valence-corrected chi connectivity index (χ1v) is 7.81. The van der Waals surface area contributed by atoms with Gasteiger partial charge in [-0.25, -0.2) is 4.39 Å². The standard InChI is InChI=1S/C17H20FN3O2/c1-2-15-14(5-10-3-4-11(18)6-16(10)20-15)17(23)21-9-13(22)7-12(21)8-19/h3-6,12-13,22H,2,7-9,19H2,1H3/t12-,13-/m1/s1. The number of pyridine rings is 1. The molecule has 0 radical (unpaired) electrons. The molecule has 1 aliphatic rings. The maximum atomic E-state index is 13.4. The van der Waals surface area contributed by atoms with Crippen LogP contribution in [0.25, 0.3) is 10.9 Å². The van der Waals surface area contributed by atoms with Gasteiger partial charge in [0.1, 0.15) is 5.82 Å². The van der Waals surface area contributed by atoms with Crippen molar-refractivity contribution in [1.82, 2.24) is 9.88 Å². The van der Waals surface area contributed by atoms with Gasteiger partial charge in [-0.05, 0) is 31.0 Å². The average molecular weight is 317 g/mol. The molecule has 2 heterocycles. The van der Waals surface area contributed by atoms with E-state index < -0.39 is 6.10 Å². The minimum absolute atomic E-state index is 0.161. The first kappa shape index (κ1) is 15.8. The Morgan fingerprint density at radius 1 is 1.48 bits per heavy atom. The van der Waals surface area contributed by atoms with Crippen LogP contribution in [0, 0.1) is 5.82 Å². The third-order valence-electron chi connectivity index (χ3n) is 4.35. The molecule has 1 fully saturated rings. The molecule has 0 saturated carbocycles. The molecule has 1 saturated heterocycles. The Kier molecular flexibility index (Phi) is 4.28. The van der Waals surface area contributed by atoms with Crippen LogP contribution in [0.5, 0.6) is 0 Å². The van der Waals surface area contributed by atoms with Crippen LogP contribution in [0.1, 0.15) is 29.4 Å². The molecule has 2 atom stereocenters. The quantitative estimate of drug-likeness (QED) is 0.898. The maximum Gasteiger partial charge on any atom is 0.256 e. The van der Waals surface area contributed by atoms with Gasteiger partial charge < -0.3 is 15.7 Å². The van der Waals surface area contributed by atoms with Gasteiger partial charge in [0.2, 0.25) is 0 Å². The van der Waals surface area contributed by atoms with Gasteiger partial charge in [-0.2, -0.15) is 0 Å². The number of benzene rings is 1. The SMILES string of the molecule is CCc1nc2cc(F)ccc2cc1C(=O)N1C[C@H](O)C[C@@H]1CN. The van der Waals surface area contributed by atoms with Crippen molar-refractivity contribution in [3.05, 3.63) is 41.3 Å². The van der Waals surface area contributed by atoms with Crippen LogP contribution in [-0.2, 0) is 6.42 Å². The van der Waals surface area contributed by atoms with Crippen LogP contribution >= 0.6 is 0 Å². The summed E-state index contributed by atoms with van der Waals surface area (Å²) in [5, 5.41) is 10.5. The van der Waals surface area contributed by atoms with Crippen molar-refractivity contribution in [2.75, 3.05) is 13.1 Å². The van der Waals surface area contributed by atoms with Crippen molar-refractivity contribution in [2.24, 2.45) is 5.73 Å². The lowest BCUT2D eigenvalue weighted by Gasteiger charge is -2.24. The Labute approximate surface area is 133 Å². The summed E-state index contributed by atoms with van der Waals surface area (Å²) in [5.41, 5.74) is 7.38. The Bertz CT molecular complexity index is 750. The van der Waals surface area contributed by atoms with Gasteiger partial charge in [0.15, 0.2) is 0 Å². The van der Waals surface area contributed by atoms with E-state index in [0.717, 1.165) is 5.39 Å². The van der Waals surface area contributed by atoms with E-state index >= 15 is 0 Å². The number of nitrogens with two attached hydrogens (primary N) is 1. The number of nitrogens with zero attached hydrogens (tertiary/aromatic N) is 2. The van der Waals surface area contributed by atoms with Gasteiger partial charge in [0, 0.05) is 30.6 Å². The molecule has 0 aliphatic carbocycles. The third kappa shape index (κ3) is 2.92. The van der Waals surface area contributed by atoms with E-state index in [9.17, 15) is 14.3 Å². The molecule has 0 bridgehead atoms. The molecule has 0 unspecified atom stereocenters. The highest BCUT2D eigenvalue weighted by atomic mass is 19.1. The molecule has 3 rings (SSSR count). The normalized spacial score (nSPS) is 21.1. The van der Waals surface area contributed by atoms with Gasteiger partial charge >= 0.3 is 0 Å². The maximum absolute atomic E-state index is 13.4. The number of carbonyl (C=O) groups is 1. The average Bonchev–Trinajstić information content (AvgIpc) is 2.93. The van der Waals surface area contributed by atoms with Crippen LogP contribution in [0.2, 0.25) is 0 Å². The van der Waals surface area contributed by atoms with E-state index in [0.29, 0.717) is 36.2 Å². The summed E-state index contributed by atoms with van der Waals surface area (Å²) >= 11 is 0. The Hall–Kier alpha value is -2.05. The Balaban J connectivity index is 2.04. The van der Waals surface area contributed by atoms with Crippen molar-refractivity contribution in [2.45, 2.75) is 31.9 Å². The van der Waals surface area contributed by atoms with Crippen molar-refractivity contribution >= 4 is 16.8 Å². The molecule has 3 N–H and O–H groups in total. The molecule has 2 aromatic rings. The topological polar surface area (TPSA) is 79.5 Å². The van der Waals surface area contributed by atoms with E-state index in [-0.39, 0.29) is 24.3 Å². The highest BCUT2D eigenvalue weighted by molar-refractivity contribution is 5.99. The largest absolute Gasteiger partial charge is 0.391 e. The van der Waals surface area contributed by atoms with E-state index in [1.54, 1.807) is 17.0 Å². The van der Waals surface area contributed by atoms with Crippen molar-refractivity contribution in [3.63, 3.8) is 0 Å². The number of carbonyl (C=O) groups excluding carboxylic acids is 1. The van der Waals surface area contributed by atoms with Crippen LogP contribution in [0.15, 0.2) is 24.3 Å². The monoisotopic (exact) mass is 317 g/mol. The molecule has 1 aromatic carbocycles. The summed E-state index contributed by atoms with van der Waals surface area (Å²) in [7, 11) is 0. The summed E-state index contributed by atoms with van der Waals surface area (Å²) in [6.07, 6.45) is 0.521. The zero-order valence-corrected chi connectivity index (χ0v) is 13.0. The number of aliphatic hydroxyl groups is 1. The Morgan fingerprint density at radius 3 is 2.96 bits per heavy atom. The minimum atomic E-state index is -0.542. The fourth-order valence-electron chi connectivity index (χ4n) is 3.15. The van der Waals surface area contributed by atoms with Gasteiger partial charge in [-0.3, -0.25) is 9.78 Å². The van der Waals surface area contributed by atoms with Gasteiger partial charge in [0.05, 0.1) is 22.9 Å². The molecule has 1 amide bonds. The van der Waals surface area contributed by atoms with Crippen molar-refractivity contribution in [1.29, 1.82) is 0 Å². The summed E-state index contributed by atoms with van der Waals surface area (Å²) in [4.78, 5) is 19.0. The second kappa shape index (κ2) is 6.22. The molecular formula is C17H20FN3O2. The predicted molar refractivity (Wildman–Crippen MR) is 85.6 cm³/mol. The second-order valence-corrected chi connectivity index (χ2v) is 5.91. The van der Waals surface area contributed by atoms with Crippen LogP contribution in [-0.4, -0.2) is 46.1 Å². The Morgan fingerprint density at radius 2 is 2.26 bits per heavy atom. The first-order chi connectivity index (χ1) is 11.0. The first-order valence-electron chi connectivity index (χ1n) is 7.81. The lowest BCUT2D eigenvalue weighted by Crippen LogP contribution is -2.40. The molecule has 23 heavy (non-hydrogen) atoms. The van der Waals surface area contributed by atoms with Gasteiger partial charge in [-0.1, -0.05) is 6.92 Å². The van der Waals surface area contributed by atoms with E-state index in [2.05, 4.69) is 4.98 Å². The number of hydrogen-bond acceptors (Lipinski definition) is 4. The fraction of sp³-hybridized carbons (Fsp3) is 0.412. The summed E-state index contributed by atoms with van der Waals surface area (Å²) in [5.74, 6) is -0.524. The van der Waals surface area contributed by atoms with Crippen LogP contribution in [0.3, 0.4) is 0 Å².